The van der Waals surface area contributed by atoms with Gasteiger partial charge in [-0.05, 0) is 29.8 Å². The summed E-state index contributed by atoms with van der Waals surface area (Å²) in [5, 5.41) is 17.9. The molecule has 1 N–H and O–H groups in total. The van der Waals surface area contributed by atoms with Gasteiger partial charge in [-0.15, -0.1) is 10.2 Å². The Kier molecular flexibility index (Phi) is 3.37. The number of nitriles is 1. The number of pyridine rings is 1. The van der Waals surface area contributed by atoms with Gasteiger partial charge in [0.1, 0.15) is 11.8 Å². The van der Waals surface area contributed by atoms with Crippen LogP contribution in [-0.2, 0) is 5.75 Å². The fourth-order valence-corrected chi connectivity index (χ4v) is 3.13. The Labute approximate surface area is 135 Å². The molecule has 23 heavy (non-hydrogen) atoms. The molecule has 7 heteroatoms. The number of nitrogens with one attached hydrogen (secondary N) is 1. The zero-order valence-corrected chi connectivity index (χ0v) is 12.7. The van der Waals surface area contributed by atoms with Crippen LogP contribution in [0.3, 0.4) is 0 Å². The number of hydrogen-bond donors (Lipinski definition) is 1. The van der Waals surface area contributed by atoms with Gasteiger partial charge in [0.05, 0.1) is 11.1 Å². The second-order valence-corrected chi connectivity index (χ2v) is 5.81. The lowest BCUT2D eigenvalue weighted by Crippen LogP contribution is -1.82. The molecule has 0 radical (unpaired) electrons. The Morgan fingerprint density at radius 2 is 2.22 bits per heavy atom. The number of H-pyrrole nitrogens is 1. The van der Waals surface area contributed by atoms with Crippen LogP contribution in [0, 0.1) is 11.3 Å². The molecule has 4 heterocycles. The molecule has 0 aliphatic rings. The molecular weight excluding hydrogens is 310 g/mol. The van der Waals surface area contributed by atoms with Crippen LogP contribution in [0.1, 0.15) is 11.1 Å². The van der Waals surface area contributed by atoms with Gasteiger partial charge in [-0.3, -0.25) is 0 Å². The van der Waals surface area contributed by atoms with E-state index in [-0.39, 0.29) is 0 Å². The highest BCUT2D eigenvalue weighted by atomic mass is 32.2. The van der Waals surface area contributed by atoms with Crippen LogP contribution >= 0.6 is 11.8 Å². The summed E-state index contributed by atoms with van der Waals surface area (Å²) < 4.78 is 7.57. The van der Waals surface area contributed by atoms with Gasteiger partial charge in [0.25, 0.3) is 11.1 Å². The van der Waals surface area contributed by atoms with Gasteiger partial charge < -0.3 is 13.8 Å². The molecule has 0 spiro atoms. The largest absolute Gasteiger partial charge is 0.410 e. The van der Waals surface area contributed by atoms with E-state index in [2.05, 4.69) is 21.3 Å². The van der Waals surface area contributed by atoms with Gasteiger partial charge in [0.2, 0.25) is 0 Å². The highest BCUT2D eigenvalue weighted by molar-refractivity contribution is 7.98. The SMILES string of the molecule is N#Cc1c(CSc2nnc(-c3ccc[nH]3)o2)cn2ccccc12. The third-order valence-corrected chi connectivity index (χ3v) is 4.33. The Bertz CT molecular complexity index is 993. The zero-order chi connectivity index (χ0) is 15.6. The predicted octanol–water partition coefficient (Wildman–Crippen LogP) is 3.48. The first-order valence-electron chi connectivity index (χ1n) is 6.94. The Morgan fingerprint density at radius 1 is 1.26 bits per heavy atom. The molecule has 0 saturated heterocycles. The van der Waals surface area contributed by atoms with Crippen LogP contribution in [-0.4, -0.2) is 19.6 Å². The van der Waals surface area contributed by atoms with Crippen LogP contribution in [0.2, 0.25) is 0 Å². The van der Waals surface area contributed by atoms with E-state index in [1.807, 2.05) is 47.1 Å². The number of aromatic nitrogens is 4. The van der Waals surface area contributed by atoms with Crippen molar-refractivity contribution in [3.05, 3.63) is 60.0 Å². The van der Waals surface area contributed by atoms with Crippen molar-refractivity contribution < 1.29 is 4.42 Å². The van der Waals surface area contributed by atoms with Crippen LogP contribution in [0.25, 0.3) is 17.1 Å². The van der Waals surface area contributed by atoms with E-state index in [9.17, 15) is 5.26 Å². The molecule has 0 aliphatic heterocycles. The predicted molar refractivity (Wildman–Crippen MR) is 85.8 cm³/mol. The Hall–Kier alpha value is -2.98. The van der Waals surface area contributed by atoms with E-state index >= 15 is 0 Å². The highest BCUT2D eigenvalue weighted by Gasteiger charge is 2.13. The molecule has 0 aromatic carbocycles. The molecule has 0 bridgehead atoms. The molecule has 0 amide bonds. The van der Waals surface area contributed by atoms with E-state index in [4.69, 9.17) is 4.42 Å². The maximum Gasteiger partial charge on any atom is 0.277 e. The Balaban J connectivity index is 1.57. The lowest BCUT2D eigenvalue weighted by molar-refractivity contribution is 0.464. The molecule has 6 nitrogen and oxygen atoms in total. The molecule has 0 atom stereocenters. The van der Waals surface area contributed by atoms with Gasteiger partial charge in [-0.2, -0.15) is 5.26 Å². The summed E-state index contributed by atoms with van der Waals surface area (Å²) in [5.74, 6) is 1.05. The van der Waals surface area contributed by atoms with Crippen LogP contribution in [0.5, 0.6) is 0 Å². The summed E-state index contributed by atoms with van der Waals surface area (Å²) in [6, 6.07) is 11.8. The van der Waals surface area contributed by atoms with Crippen molar-refractivity contribution in [2.24, 2.45) is 0 Å². The quantitative estimate of drug-likeness (QED) is 0.582. The lowest BCUT2D eigenvalue weighted by atomic mass is 10.2. The molecular formula is C16H11N5OS. The van der Waals surface area contributed by atoms with Gasteiger partial charge in [-0.1, -0.05) is 17.8 Å². The molecule has 0 fully saturated rings. The smallest absolute Gasteiger partial charge is 0.277 e. The first-order valence-corrected chi connectivity index (χ1v) is 7.92. The summed E-state index contributed by atoms with van der Waals surface area (Å²) in [5.41, 5.74) is 3.32. The van der Waals surface area contributed by atoms with Crippen molar-refractivity contribution in [2.75, 3.05) is 0 Å². The summed E-state index contributed by atoms with van der Waals surface area (Å²) >= 11 is 1.42. The van der Waals surface area contributed by atoms with E-state index in [1.54, 1.807) is 6.20 Å². The first-order chi connectivity index (χ1) is 11.3. The highest BCUT2D eigenvalue weighted by Crippen LogP contribution is 2.28. The van der Waals surface area contributed by atoms with Gasteiger partial charge >= 0.3 is 0 Å². The third-order valence-electron chi connectivity index (χ3n) is 3.46. The van der Waals surface area contributed by atoms with Crippen molar-refractivity contribution in [1.82, 2.24) is 19.6 Å². The molecule has 4 rings (SSSR count). The van der Waals surface area contributed by atoms with Crippen molar-refractivity contribution in [2.45, 2.75) is 11.0 Å². The van der Waals surface area contributed by atoms with Crippen LogP contribution in [0.15, 0.2) is 58.6 Å². The van der Waals surface area contributed by atoms with E-state index in [0.29, 0.717) is 22.4 Å². The summed E-state index contributed by atoms with van der Waals surface area (Å²) in [6.45, 7) is 0. The minimum absolute atomic E-state index is 0.458. The lowest BCUT2D eigenvalue weighted by Gasteiger charge is -1.94. The second kappa shape index (κ2) is 5.66. The van der Waals surface area contributed by atoms with Crippen molar-refractivity contribution in [3.63, 3.8) is 0 Å². The van der Waals surface area contributed by atoms with Crippen LogP contribution < -0.4 is 0 Å². The molecule has 4 aromatic rings. The van der Waals surface area contributed by atoms with Gasteiger partial charge in [-0.25, -0.2) is 0 Å². The molecule has 4 aromatic heterocycles. The average Bonchev–Trinajstić information content (AvgIpc) is 3.30. The second-order valence-electron chi connectivity index (χ2n) is 4.88. The third kappa shape index (κ3) is 2.49. The van der Waals surface area contributed by atoms with Gasteiger partial charge in [0.15, 0.2) is 0 Å². The van der Waals surface area contributed by atoms with Crippen molar-refractivity contribution in [3.8, 4) is 17.7 Å². The maximum absolute atomic E-state index is 9.40. The minimum Gasteiger partial charge on any atom is -0.410 e. The summed E-state index contributed by atoms with van der Waals surface area (Å²) in [4.78, 5) is 3.02. The number of aromatic amines is 1. The van der Waals surface area contributed by atoms with Crippen molar-refractivity contribution in [1.29, 1.82) is 5.26 Å². The topological polar surface area (TPSA) is 82.9 Å². The van der Waals surface area contributed by atoms with Crippen LogP contribution in [0.4, 0.5) is 0 Å². The summed E-state index contributed by atoms with van der Waals surface area (Å²) in [7, 11) is 0. The number of thioether (sulfide) groups is 1. The molecule has 112 valence electrons. The maximum atomic E-state index is 9.40. The number of rotatable bonds is 4. The summed E-state index contributed by atoms with van der Waals surface area (Å²) in [6.07, 6.45) is 5.70. The molecule has 0 unspecified atom stereocenters. The van der Waals surface area contributed by atoms with E-state index in [0.717, 1.165) is 16.8 Å². The van der Waals surface area contributed by atoms with Gasteiger partial charge in [0, 0.05) is 24.3 Å². The number of fused-ring (bicyclic) bond motifs is 1. The zero-order valence-electron chi connectivity index (χ0n) is 11.9. The number of hydrogen-bond acceptors (Lipinski definition) is 5. The average molecular weight is 321 g/mol. The van der Waals surface area contributed by atoms with E-state index < -0.39 is 0 Å². The fourth-order valence-electron chi connectivity index (χ4n) is 2.40. The molecule has 0 saturated carbocycles. The minimum atomic E-state index is 0.458. The van der Waals surface area contributed by atoms with Crippen molar-refractivity contribution >= 4 is 17.3 Å². The van der Waals surface area contributed by atoms with E-state index in [1.165, 1.54) is 11.8 Å². The molecule has 0 aliphatic carbocycles. The standard InChI is InChI=1S/C16H11N5OS/c17-8-12-11(9-21-7-2-1-5-14(12)21)10-23-16-20-19-15(22-16)13-4-3-6-18-13/h1-7,9,18H,10H2. The first kappa shape index (κ1) is 13.7. The number of nitrogens with zero attached hydrogens (tertiary/aromatic N) is 4. The normalized spacial score (nSPS) is 10.9. The fraction of sp³-hybridized carbons (Fsp3) is 0.0625. The Morgan fingerprint density at radius 3 is 3.04 bits per heavy atom. The monoisotopic (exact) mass is 321 g/mol.